The van der Waals surface area contributed by atoms with Gasteiger partial charge in [0.1, 0.15) is 5.58 Å². The second kappa shape index (κ2) is 6.95. The van der Waals surface area contributed by atoms with Gasteiger partial charge in [0.15, 0.2) is 5.13 Å². The lowest BCUT2D eigenvalue weighted by atomic mass is 10.2. The second-order valence-electron chi connectivity index (χ2n) is 6.62. The first-order chi connectivity index (χ1) is 13.6. The van der Waals surface area contributed by atoms with Crippen LogP contribution in [-0.4, -0.2) is 31.2 Å². The number of benzene rings is 2. The van der Waals surface area contributed by atoms with Crippen LogP contribution in [0.4, 0.5) is 10.8 Å². The molecule has 1 saturated heterocycles. The summed E-state index contributed by atoms with van der Waals surface area (Å²) >= 11 is 14.2. The van der Waals surface area contributed by atoms with Crippen molar-refractivity contribution >= 4 is 66.5 Å². The van der Waals surface area contributed by atoms with Gasteiger partial charge in [0.25, 0.3) is 0 Å². The van der Waals surface area contributed by atoms with Crippen LogP contribution in [0.25, 0.3) is 21.2 Å². The van der Waals surface area contributed by atoms with Crippen LogP contribution < -0.4 is 15.4 Å². The molecular formula is C20H15Cl2N3O2S. The standard InChI is InChI=1S/C20H15Cl2N3O2S/c21-13-2-1-3-15(18(13)22)24-8-10-25(11-9-24)20-23-14-5-6-16-12(19(14)28-20)4-7-17(26)27-16/h1-7H,8-11H2. The average molecular weight is 432 g/mol. The van der Waals surface area contributed by atoms with Crippen LogP contribution >= 0.6 is 34.5 Å². The minimum absolute atomic E-state index is 0.340. The van der Waals surface area contributed by atoms with Crippen LogP contribution in [0.15, 0.2) is 51.7 Å². The highest BCUT2D eigenvalue weighted by Crippen LogP contribution is 2.36. The summed E-state index contributed by atoms with van der Waals surface area (Å²) in [5, 5.41) is 3.08. The predicted molar refractivity (Wildman–Crippen MR) is 117 cm³/mol. The van der Waals surface area contributed by atoms with E-state index in [1.54, 1.807) is 17.4 Å². The Bertz CT molecular complexity index is 1250. The number of halogens is 2. The van der Waals surface area contributed by atoms with E-state index in [1.165, 1.54) is 6.07 Å². The number of aromatic nitrogens is 1. The minimum atomic E-state index is -0.340. The van der Waals surface area contributed by atoms with Gasteiger partial charge in [-0.15, -0.1) is 0 Å². The Hall–Kier alpha value is -2.28. The molecule has 0 spiro atoms. The lowest BCUT2D eigenvalue weighted by Gasteiger charge is -2.36. The maximum absolute atomic E-state index is 11.5. The fourth-order valence-corrected chi connectivity index (χ4v) is 5.08. The van der Waals surface area contributed by atoms with E-state index >= 15 is 0 Å². The lowest BCUT2D eigenvalue weighted by Crippen LogP contribution is -2.46. The highest BCUT2D eigenvalue weighted by atomic mass is 35.5. The van der Waals surface area contributed by atoms with Gasteiger partial charge in [-0.05, 0) is 30.3 Å². The third kappa shape index (κ3) is 3.02. The molecule has 0 atom stereocenters. The summed E-state index contributed by atoms with van der Waals surface area (Å²) < 4.78 is 6.33. The van der Waals surface area contributed by atoms with Gasteiger partial charge in [-0.25, -0.2) is 9.78 Å². The van der Waals surface area contributed by atoms with Crippen molar-refractivity contribution in [2.75, 3.05) is 36.0 Å². The van der Waals surface area contributed by atoms with Gasteiger partial charge >= 0.3 is 5.63 Å². The van der Waals surface area contributed by atoms with E-state index in [0.717, 1.165) is 52.6 Å². The van der Waals surface area contributed by atoms with Crippen LogP contribution in [0.1, 0.15) is 0 Å². The summed E-state index contributed by atoms with van der Waals surface area (Å²) in [5.41, 5.74) is 2.14. The van der Waals surface area contributed by atoms with E-state index in [9.17, 15) is 4.79 Å². The maximum atomic E-state index is 11.5. The Balaban J connectivity index is 1.42. The monoisotopic (exact) mass is 431 g/mol. The molecule has 0 radical (unpaired) electrons. The van der Waals surface area contributed by atoms with Crippen molar-refractivity contribution in [2.45, 2.75) is 0 Å². The van der Waals surface area contributed by atoms with Crippen LogP contribution in [0, 0.1) is 0 Å². The van der Waals surface area contributed by atoms with Gasteiger partial charge < -0.3 is 14.2 Å². The average Bonchev–Trinajstić information content (AvgIpc) is 3.15. The quantitative estimate of drug-likeness (QED) is 0.416. The largest absolute Gasteiger partial charge is 0.423 e. The summed E-state index contributed by atoms with van der Waals surface area (Å²) in [7, 11) is 0. The first kappa shape index (κ1) is 17.8. The molecule has 5 nitrogen and oxygen atoms in total. The highest BCUT2D eigenvalue weighted by Gasteiger charge is 2.22. The molecule has 142 valence electrons. The third-order valence-corrected chi connectivity index (χ3v) is 6.94. The summed E-state index contributed by atoms with van der Waals surface area (Å²) in [6.45, 7) is 3.36. The number of hydrogen-bond acceptors (Lipinski definition) is 6. The zero-order chi connectivity index (χ0) is 19.3. The molecule has 28 heavy (non-hydrogen) atoms. The number of rotatable bonds is 2. The van der Waals surface area contributed by atoms with Gasteiger partial charge in [-0.2, -0.15) is 0 Å². The van der Waals surface area contributed by atoms with Crippen molar-refractivity contribution in [2.24, 2.45) is 0 Å². The van der Waals surface area contributed by atoms with Crippen LogP contribution in [0.5, 0.6) is 0 Å². The van der Waals surface area contributed by atoms with E-state index in [0.29, 0.717) is 15.6 Å². The number of fused-ring (bicyclic) bond motifs is 3. The Kier molecular flexibility index (Phi) is 4.42. The first-order valence-corrected chi connectivity index (χ1v) is 10.4. The van der Waals surface area contributed by atoms with Gasteiger partial charge in [0.2, 0.25) is 0 Å². The minimum Gasteiger partial charge on any atom is -0.423 e. The number of piperazine rings is 1. The summed E-state index contributed by atoms with van der Waals surface area (Å²) in [6, 6.07) is 12.7. The van der Waals surface area contributed by atoms with E-state index in [1.807, 2.05) is 30.3 Å². The normalized spacial score (nSPS) is 14.9. The summed E-state index contributed by atoms with van der Waals surface area (Å²) in [5.74, 6) is 0. The Morgan fingerprint density at radius 2 is 1.75 bits per heavy atom. The van der Waals surface area contributed by atoms with Crippen molar-refractivity contribution in [1.29, 1.82) is 0 Å². The van der Waals surface area contributed by atoms with Gasteiger partial charge in [-0.1, -0.05) is 40.6 Å². The van der Waals surface area contributed by atoms with Crippen LogP contribution in [0.2, 0.25) is 10.0 Å². The molecule has 0 saturated carbocycles. The summed E-state index contributed by atoms with van der Waals surface area (Å²) in [6.07, 6.45) is 0. The first-order valence-electron chi connectivity index (χ1n) is 8.87. The number of nitrogens with zero attached hydrogens (tertiary/aromatic N) is 3. The molecule has 0 aliphatic carbocycles. The van der Waals surface area contributed by atoms with E-state index in [2.05, 4.69) is 9.80 Å². The van der Waals surface area contributed by atoms with E-state index in [-0.39, 0.29) is 5.63 Å². The third-order valence-electron chi connectivity index (χ3n) is 4.96. The SMILES string of the molecule is O=c1ccc2c(ccc3nc(N4CCN(c5cccc(Cl)c5Cl)CC4)sc32)o1. The Morgan fingerprint density at radius 3 is 2.57 bits per heavy atom. The highest BCUT2D eigenvalue weighted by molar-refractivity contribution is 7.23. The molecule has 0 N–H and O–H groups in total. The Labute approximate surface area is 174 Å². The molecule has 8 heteroatoms. The molecule has 5 rings (SSSR count). The molecule has 2 aromatic heterocycles. The van der Waals surface area contributed by atoms with Crippen molar-refractivity contribution in [3.05, 3.63) is 62.9 Å². The smallest absolute Gasteiger partial charge is 0.336 e. The number of anilines is 2. The topological polar surface area (TPSA) is 49.6 Å². The Morgan fingerprint density at radius 1 is 0.964 bits per heavy atom. The zero-order valence-corrected chi connectivity index (χ0v) is 17.0. The van der Waals surface area contributed by atoms with E-state index in [4.69, 9.17) is 32.6 Å². The van der Waals surface area contributed by atoms with Gasteiger partial charge in [-0.3, -0.25) is 0 Å². The number of hydrogen-bond donors (Lipinski definition) is 0. The predicted octanol–water partition coefficient (Wildman–Crippen LogP) is 5.04. The molecule has 2 aromatic carbocycles. The van der Waals surface area contributed by atoms with E-state index < -0.39 is 0 Å². The molecule has 3 heterocycles. The molecule has 1 fully saturated rings. The zero-order valence-electron chi connectivity index (χ0n) is 14.7. The van der Waals surface area contributed by atoms with Gasteiger partial charge in [0.05, 0.1) is 25.9 Å². The fourth-order valence-electron chi connectivity index (χ4n) is 3.53. The fraction of sp³-hybridized carbons (Fsp3) is 0.200. The number of thiazole rings is 1. The molecule has 0 bridgehead atoms. The van der Waals surface area contributed by atoms with Gasteiger partial charge in [0, 0.05) is 37.6 Å². The molecule has 0 unspecified atom stereocenters. The van der Waals surface area contributed by atoms with Crippen LogP contribution in [0.3, 0.4) is 0 Å². The van der Waals surface area contributed by atoms with Crippen LogP contribution in [-0.2, 0) is 0 Å². The molecule has 4 aromatic rings. The molecular weight excluding hydrogens is 417 g/mol. The van der Waals surface area contributed by atoms with Crippen molar-refractivity contribution < 1.29 is 4.42 Å². The van der Waals surface area contributed by atoms with Crippen molar-refractivity contribution in [3.63, 3.8) is 0 Å². The van der Waals surface area contributed by atoms with Crippen molar-refractivity contribution in [3.8, 4) is 0 Å². The molecule has 0 amide bonds. The molecule has 1 aliphatic rings. The molecule has 1 aliphatic heterocycles. The maximum Gasteiger partial charge on any atom is 0.336 e. The van der Waals surface area contributed by atoms with Crippen molar-refractivity contribution in [1.82, 2.24) is 4.98 Å². The summed E-state index contributed by atoms with van der Waals surface area (Å²) in [4.78, 5) is 20.8. The lowest BCUT2D eigenvalue weighted by molar-refractivity contribution is 0.561. The second-order valence-corrected chi connectivity index (χ2v) is 8.39.